The van der Waals surface area contributed by atoms with E-state index in [2.05, 4.69) is 65.6 Å². The molecule has 92 valence electrons. The number of rotatable bonds is 0. The number of benzene rings is 4. The highest BCUT2D eigenvalue weighted by Gasteiger charge is 2.10. The van der Waals surface area contributed by atoms with E-state index >= 15 is 0 Å². The molecule has 0 amide bonds. The molecule has 0 atom stereocenters. The molecule has 0 aliphatic heterocycles. The van der Waals surface area contributed by atoms with Gasteiger partial charge in [-0.15, -0.1) is 0 Å². The molecule has 0 unspecified atom stereocenters. The number of fused-ring (bicyclic) bond motifs is 2. The standard InChI is InChI=1S/C19H11N/c1-2-4-15-13(3-1)11-14-6-5-12-9-10-20-17-8-7-16(15)18(14)19(12)17/h1-11H. The van der Waals surface area contributed by atoms with Crippen LogP contribution < -0.4 is 0 Å². The Kier molecular flexibility index (Phi) is 1.75. The van der Waals surface area contributed by atoms with Crippen LogP contribution in [0.3, 0.4) is 0 Å². The summed E-state index contributed by atoms with van der Waals surface area (Å²) in [6, 6.07) is 21.7. The Labute approximate surface area is 115 Å². The van der Waals surface area contributed by atoms with Gasteiger partial charge in [0.1, 0.15) is 0 Å². The van der Waals surface area contributed by atoms with Crippen LogP contribution in [0.25, 0.3) is 43.2 Å². The van der Waals surface area contributed by atoms with Gasteiger partial charge in [0, 0.05) is 11.6 Å². The molecule has 0 N–H and O–H groups in total. The number of pyridine rings is 1. The summed E-state index contributed by atoms with van der Waals surface area (Å²) in [4.78, 5) is 4.51. The third kappa shape index (κ3) is 1.15. The second-order valence-corrected chi connectivity index (χ2v) is 5.30. The van der Waals surface area contributed by atoms with Crippen molar-refractivity contribution in [3.8, 4) is 0 Å². The molecule has 20 heavy (non-hydrogen) atoms. The molecule has 1 heterocycles. The first-order chi connectivity index (χ1) is 9.92. The van der Waals surface area contributed by atoms with Crippen molar-refractivity contribution in [3.05, 3.63) is 66.9 Å². The second kappa shape index (κ2) is 3.45. The molecular formula is C19H11N. The number of hydrogen-bond donors (Lipinski definition) is 0. The molecule has 0 bridgehead atoms. The Morgan fingerprint density at radius 3 is 2.50 bits per heavy atom. The third-order valence-corrected chi connectivity index (χ3v) is 4.23. The average molecular weight is 253 g/mol. The van der Waals surface area contributed by atoms with Gasteiger partial charge in [-0.1, -0.05) is 42.5 Å². The first kappa shape index (κ1) is 10.2. The summed E-state index contributed by atoms with van der Waals surface area (Å²) >= 11 is 0. The van der Waals surface area contributed by atoms with Gasteiger partial charge in [0.05, 0.1) is 5.52 Å². The van der Waals surface area contributed by atoms with Gasteiger partial charge < -0.3 is 0 Å². The van der Waals surface area contributed by atoms with Crippen molar-refractivity contribution >= 4 is 43.2 Å². The maximum atomic E-state index is 4.51. The van der Waals surface area contributed by atoms with Crippen molar-refractivity contribution in [1.82, 2.24) is 4.98 Å². The van der Waals surface area contributed by atoms with E-state index in [0.29, 0.717) is 0 Å². The molecule has 4 aromatic carbocycles. The zero-order chi connectivity index (χ0) is 13.1. The van der Waals surface area contributed by atoms with E-state index in [0.717, 1.165) is 5.52 Å². The zero-order valence-electron chi connectivity index (χ0n) is 10.8. The van der Waals surface area contributed by atoms with Crippen molar-refractivity contribution in [3.63, 3.8) is 0 Å². The van der Waals surface area contributed by atoms with E-state index in [1.807, 2.05) is 6.20 Å². The van der Waals surface area contributed by atoms with Crippen molar-refractivity contribution < 1.29 is 0 Å². The van der Waals surface area contributed by atoms with Gasteiger partial charge in [-0.25, -0.2) is 0 Å². The summed E-state index contributed by atoms with van der Waals surface area (Å²) in [6.07, 6.45) is 1.89. The number of nitrogens with zero attached hydrogens (tertiary/aromatic N) is 1. The first-order valence-electron chi connectivity index (χ1n) is 6.83. The van der Waals surface area contributed by atoms with Gasteiger partial charge in [-0.3, -0.25) is 4.98 Å². The van der Waals surface area contributed by atoms with Crippen LogP contribution in [-0.2, 0) is 0 Å². The Hall–Kier alpha value is -2.67. The van der Waals surface area contributed by atoms with Gasteiger partial charge in [-0.05, 0) is 50.5 Å². The van der Waals surface area contributed by atoms with Crippen LogP contribution in [0.15, 0.2) is 66.9 Å². The number of hydrogen-bond acceptors (Lipinski definition) is 1. The lowest BCUT2D eigenvalue weighted by molar-refractivity contribution is 1.43. The Morgan fingerprint density at radius 2 is 1.50 bits per heavy atom. The third-order valence-electron chi connectivity index (χ3n) is 4.23. The van der Waals surface area contributed by atoms with E-state index in [4.69, 9.17) is 0 Å². The first-order valence-corrected chi connectivity index (χ1v) is 6.83. The second-order valence-electron chi connectivity index (χ2n) is 5.30. The van der Waals surface area contributed by atoms with Crippen molar-refractivity contribution in [2.45, 2.75) is 0 Å². The lowest BCUT2D eigenvalue weighted by Crippen LogP contribution is -1.86. The van der Waals surface area contributed by atoms with Crippen LogP contribution in [-0.4, -0.2) is 4.98 Å². The molecule has 0 fully saturated rings. The minimum absolute atomic E-state index is 1.08. The predicted molar refractivity (Wildman–Crippen MR) is 85.4 cm³/mol. The quantitative estimate of drug-likeness (QED) is 0.275. The summed E-state index contributed by atoms with van der Waals surface area (Å²) in [6.45, 7) is 0. The summed E-state index contributed by atoms with van der Waals surface area (Å²) in [5.41, 5.74) is 1.08. The number of aromatic nitrogens is 1. The van der Waals surface area contributed by atoms with Gasteiger partial charge in [0.15, 0.2) is 0 Å². The van der Waals surface area contributed by atoms with Crippen LogP contribution in [0, 0.1) is 0 Å². The molecule has 1 nitrogen and oxygen atoms in total. The highest BCUT2D eigenvalue weighted by atomic mass is 14.6. The molecule has 1 heteroatoms. The van der Waals surface area contributed by atoms with Crippen molar-refractivity contribution in [2.24, 2.45) is 0 Å². The Morgan fingerprint density at radius 1 is 0.600 bits per heavy atom. The molecule has 5 rings (SSSR count). The maximum Gasteiger partial charge on any atom is 0.0714 e. The fourth-order valence-electron chi connectivity index (χ4n) is 3.35. The highest BCUT2D eigenvalue weighted by Crippen LogP contribution is 2.37. The summed E-state index contributed by atoms with van der Waals surface area (Å²) < 4.78 is 0. The molecule has 0 saturated heterocycles. The van der Waals surface area contributed by atoms with Crippen LogP contribution in [0.2, 0.25) is 0 Å². The minimum Gasteiger partial charge on any atom is -0.256 e. The predicted octanol–water partition coefficient (Wildman–Crippen LogP) is 5.13. The largest absolute Gasteiger partial charge is 0.256 e. The van der Waals surface area contributed by atoms with Crippen molar-refractivity contribution in [1.29, 1.82) is 0 Å². The van der Waals surface area contributed by atoms with Gasteiger partial charge in [-0.2, -0.15) is 0 Å². The molecule has 0 aliphatic rings. The van der Waals surface area contributed by atoms with Crippen LogP contribution >= 0.6 is 0 Å². The molecule has 0 spiro atoms. The normalized spacial score (nSPS) is 12.0. The summed E-state index contributed by atoms with van der Waals surface area (Å²) in [7, 11) is 0. The summed E-state index contributed by atoms with van der Waals surface area (Å²) in [5, 5.41) is 9.13. The minimum atomic E-state index is 1.08. The monoisotopic (exact) mass is 253 g/mol. The lowest BCUT2D eigenvalue weighted by atomic mass is 9.93. The smallest absolute Gasteiger partial charge is 0.0714 e. The fraction of sp³-hybridized carbons (Fsp3) is 0. The maximum absolute atomic E-state index is 4.51. The van der Waals surface area contributed by atoms with Gasteiger partial charge in [0.25, 0.3) is 0 Å². The zero-order valence-corrected chi connectivity index (χ0v) is 10.8. The Balaban J connectivity index is 2.23. The molecule has 5 aromatic rings. The van der Waals surface area contributed by atoms with E-state index in [1.165, 1.54) is 37.7 Å². The van der Waals surface area contributed by atoms with Crippen molar-refractivity contribution in [2.75, 3.05) is 0 Å². The Bertz CT molecular complexity index is 1080. The molecule has 0 aliphatic carbocycles. The van der Waals surface area contributed by atoms with E-state index in [1.54, 1.807) is 0 Å². The fourth-order valence-corrected chi connectivity index (χ4v) is 3.35. The highest BCUT2D eigenvalue weighted by molar-refractivity contribution is 6.28. The molecule has 0 saturated carbocycles. The topological polar surface area (TPSA) is 12.9 Å². The van der Waals surface area contributed by atoms with E-state index in [-0.39, 0.29) is 0 Å². The molecule has 0 radical (unpaired) electrons. The van der Waals surface area contributed by atoms with Crippen LogP contribution in [0.4, 0.5) is 0 Å². The average Bonchev–Trinajstić information content (AvgIpc) is 2.52. The van der Waals surface area contributed by atoms with Crippen LogP contribution in [0.1, 0.15) is 0 Å². The SMILES string of the molecule is c1ccc2c(c1)cc1ccc3ccnc4ccc2c1c34. The van der Waals surface area contributed by atoms with E-state index < -0.39 is 0 Å². The van der Waals surface area contributed by atoms with Gasteiger partial charge in [0.2, 0.25) is 0 Å². The van der Waals surface area contributed by atoms with Crippen LogP contribution in [0.5, 0.6) is 0 Å². The molecular weight excluding hydrogens is 242 g/mol. The lowest BCUT2D eigenvalue weighted by Gasteiger charge is -2.12. The molecule has 1 aromatic heterocycles. The van der Waals surface area contributed by atoms with E-state index in [9.17, 15) is 0 Å². The van der Waals surface area contributed by atoms with Gasteiger partial charge >= 0.3 is 0 Å². The summed E-state index contributed by atoms with van der Waals surface area (Å²) in [5.74, 6) is 0.